The zero-order chi connectivity index (χ0) is 18.4. The zero-order valence-corrected chi connectivity index (χ0v) is 15.0. The molecule has 10 heteroatoms. The van der Waals surface area contributed by atoms with Crippen LogP contribution in [0, 0.1) is 0 Å². The molecule has 2 aromatic rings. The van der Waals surface area contributed by atoms with Crippen LogP contribution in [0.15, 0.2) is 21.6 Å². The van der Waals surface area contributed by atoms with E-state index in [9.17, 15) is 13.2 Å². The first kappa shape index (κ1) is 17.2. The molecule has 0 atom stereocenters. The predicted molar refractivity (Wildman–Crippen MR) is 85.0 cm³/mol. The van der Waals surface area contributed by atoms with E-state index in [-0.39, 0.29) is 40.2 Å². The normalized spacial score (nSPS) is 15.6. The van der Waals surface area contributed by atoms with Crippen LogP contribution in [0.4, 0.5) is 0 Å². The number of benzene rings is 1. The number of carbonyl (C=O) groups is 1. The summed E-state index contributed by atoms with van der Waals surface area (Å²) in [6.07, 6.45) is 0. The molecule has 0 fully saturated rings. The first-order valence-electron chi connectivity index (χ1n) is 7.45. The Hall–Kier alpha value is -2.62. The topological polar surface area (TPSA) is 112 Å². The van der Waals surface area contributed by atoms with E-state index >= 15 is 0 Å². The van der Waals surface area contributed by atoms with Crippen LogP contribution in [-0.2, 0) is 16.6 Å². The van der Waals surface area contributed by atoms with Gasteiger partial charge >= 0.3 is 0 Å². The number of ether oxygens (including phenoxy) is 2. The lowest BCUT2D eigenvalue weighted by Crippen LogP contribution is -2.29. The first-order chi connectivity index (χ1) is 11.8. The number of nitrogens with zero attached hydrogens (tertiary/aromatic N) is 3. The molecule has 0 bridgehead atoms. The molecule has 1 aromatic heterocycles. The van der Waals surface area contributed by atoms with Gasteiger partial charge < -0.3 is 14.0 Å². The number of hydrogen-bond donors (Lipinski definition) is 0. The molecule has 0 saturated heterocycles. The van der Waals surface area contributed by atoms with Crippen molar-refractivity contribution < 1.29 is 27.2 Å². The van der Waals surface area contributed by atoms with Gasteiger partial charge in [-0.3, -0.25) is 4.79 Å². The van der Waals surface area contributed by atoms with Crippen LogP contribution < -0.4 is 9.47 Å². The van der Waals surface area contributed by atoms with E-state index in [1.807, 2.05) is 13.8 Å². The molecule has 1 aromatic carbocycles. The second kappa shape index (κ2) is 6.03. The third-order valence-corrected chi connectivity index (χ3v) is 5.54. The summed E-state index contributed by atoms with van der Waals surface area (Å²) in [5, 5.41) is 3.74. The molecule has 0 unspecified atom stereocenters. The van der Waals surface area contributed by atoms with Crippen LogP contribution in [0.2, 0.25) is 0 Å². The van der Waals surface area contributed by atoms with E-state index in [4.69, 9.17) is 14.0 Å². The number of hydrogen-bond acceptors (Lipinski definition) is 8. The number of methoxy groups -OCH3 is 2. The van der Waals surface area contributed by atoms with Crippen molar-refractivity contribution >= 4 is 15.9 Å². The standard InChI is InChI=1S/C15H17N3O6S/c1-8(2)14-16-13(17-24-14)7-18-15(19)9-5-10(22-3)11(23-4)6-12(9)25(18,20)21/h5-6,8H,7H2,1-4H3. The first-order valence-corrected chi connectivity index (χ1v) is 8.89. The molecule has 1 aliphatic rings. The highest BCUT2D eigenvalue weighted by Crippen LogP contribution is 2.39. The number of carbonyl (C=O) groups excluding carboxylic acids is 1. The van der Waals surface area contributed by atoms with Crippen LogP contribution in [0.25, 0.3) is 0 Å². The Bertz CT molecular complexity index is 935. The molecule has 0 aliphatic carbocycles. The molecule has 2 heterocycles. The minimum Gasteiger partial charge on any atom is -0.493 e. The Balaban J connectivity index is 2.01. The van der Waals surface area contributed by atoms with Crippen molar-refractivity contribution in [3.05, 3.63) is 29.4 Å². The molecular formula is C15H17N3O6S. The summed E-state index contributed by atoms with van der Waals surface area (Å²) in [5.74, 6) is 0.311. The van der Waals surface area contributed by atoms with Gasteiger partial charge in [-0.1, -0.05) is 19.0 Å². The molecule has 0 N–H and O–H groups in total. The van der Waals surface area contributed by atoms with Gasteiger partial charge in [0.2, 0.25) is 5.89 Å². The average molecular weight is 367 g/mol. The highest BCUT2D eigenvalue weighted by Gasteiger charge is 2.43. The highest BCUT2D eigenvalue weighted by molar-refractivity contribution is 7.90. The average Bonchev–Trinajstić information content (AvgIpc) is 3.12. The molecule has 0 radical (unpaired) electrons. The summed E-state index contributed by atoms with van der Waals surface area (Å²) in [6.45, 7) is 3.42. The van der Waals surface area contributed by atoms with Gasteiger partial charge in [-0.25, -0.2) is 12.7 Å². The van der Waals surface area contributed by atoms with Crippen molar-refractivity contribution in [2.24, 2.45) is 0 Å². The van der Waals surface area contributed by atoms with E-state index in [0.29, 0.717) is 10.2 Å². The van der Waals surface area contributed by atoms with Gasteiger partial charge in [-0.15, -0.1) is 0 Å². The molecular weight excluding hydrogens is 350 g/mol. The molecule has 3 rings (SSSR count). The number of rotatable bonds is 5. The zero-order valence-electron chi connectivity index (χ0n) is 14.1. The molecule has 134 valence electrons. The van der Waals surface area contributed by atoms with Crippen molar-refractivity contribution in [3.8, 4) is 11.5 Å². The maximum Gasteiger partial charge on any atom is 0.269 e. The van der Waals surface area contributed by atoms with Crippen LogP contribution in [0.5, 0.6) is 11.5 Å². The minimum absolute atomic E-state index is 0.00198. The molecule has 9 nitrogen and oxygen atoms in total. The van der Waals surface area contributed by atoms with Gasteiger partial charge in [-0.2, -0.15) is 4.98 Å². The van der Waals surface area contributed by atoms with Crippen LogP contribution in [-0.4, -0.2) is 43.0 Å². The van der Waals surface area contributed by atoms with Gasteiger partial charge in [0.05, 0.1) is 19.8 Å². The molecule has 25 heavy (non-hydrogen) atoms. The largest absolute Gasteiger partial charge is 0.493 e. The molecule has 1 aliphatic heterocycles. The van der Waals surface area contributed by atoms with Gasteiger partial charge in [0.15, 0.2) is 17.3 Å². The Kier molecular flexibility index (Phi) is 4.15. The third-order valence-electron chi connectivity index (χ3n) is 3.77. The maximum absolute atomic E-state index is 12.7. The summed E-state index contributed by atoms with van der Waals surface area (Å²) in [7, 11) is -1.24. The molecule has 1 amide bonds. The fourth-order valence-electron chi connectivity index (χ4n) is 2.45. The van der Waals surface area contributed by atoms with Crippen LogP contribution >= 0.6 is 0 Å². The Morgan fingerprint density at radius 3 is 2.40 bits per heavy atom. The van der Waals surface area contributed by atoms with Crippen molar-refractivity contribution in [2.75, 3.05) is 14.2 Å². The van der Waals surface area contributed by atoms with Gasteiger partial charge in [0, 0.05) is 12.0 Å². The molecule has 0 saturated carbocycles. The summed E-state index contributed by atoms with van der Waals surface area (Å²) in [4.78, 5) is 16.6. The van der Waals surface area contributed by atoms with Crippen molar-refractivity contribution in [1.29, 1.82) is 0 Å². The fraction of sp³-hybridized carbons (Fsp3) is 0.400. The van der Waals surface area contributed by atoms with E-state index in [2.05, 4.69) is 10.1 Å². The smallest absolute Gasteiger partial charge is 0.269 e. The second-order valence-electron chi connectivity index (χ2n) is 5.72. The van der Waals surface area contributed by atoms with Crippen molar-refractivity contribution in [3.63, 3.8) is 0 Å². The fourth-order valence-corrected chi connectivity index (χ4v) is 3.97. The van der Waals surface area contributed by atoms with E-state index in [1.165, 1.54) is 26.4 Å². The number of amides is 1. The number of fused-ring (bicyclic) bond motifs is 1. The van der Waals surface area contributed by atoms with Crippen LogP contribution in [0.1, 0.15) is 41.8 Å². The lowest BCUT2D eigenvalue weighted by molar-refractivity contribution is 0.0861. The lowest BCUT2D eigenvalue weighted by Gasteiger charge is -2.12. The quantitative estimate of drug-likeness (QED) is 0.782. The maximum atomic E-state index is 12.7. The van der Waals surface area contributed by atoms with E-state index in [1.54, 1.807) is 0 Å². The second-order valence-corrected chi connectivity index (χ2v) is 7.55. The van der Waals surface area contributed by atoms with Crippen LogP contribution in [0.3, 0.4) is 0 Å². The lowest BCUT2D eigenvalue weighted by atomic mass is 10.2. The van der Waals surface area contributed by atoms with Crippen molar-refractivity contribution in [1.82, 2.24) is 14.4 Å². The van der Waals surface area contributed by atoms with Gasteiger partial charge in [0.25, 0.3) is 15.9 Å². The summed E-state index contributed by atoms with van der Waals surface area (Å²) < 4.78 is 41.5. The minimum atomic E-state index is -4.04. The summed E-state index contributed by atoms with van der Waals surface area (Å²) in [6, 6.07) is 2.63. The number of aromatic nitrogens is 2. The van der Waals surface area contributed by atoms with Gasteiger partial charge in [0.1, 0.15) is 11.4 Å². The Morgan fingerprint density at radius 2 is 1.84 bits per heavy atom. The summed E-state index contributed by atoms with van der Waals surface area (Å²) >= 11 is 0. The van der Waals surface area contributed by atoms with E-state index < -0.39 is 15.9 Å². The van der Waals surface area contributed by atoms with Crippen molar-refractivity contribution in [2.45, 2.75) is 31.2 Å². The SMILES string of the molecule is COc1cc2c(cc1OC)S(=O)(=O)N(Cc1noc(C(C)C)n1)C2=O. The Morgan fingerprint density at radius 1 is 1.20 bits per heavy atom. The molecule has 0 spiro atoms. The van der Waals surface area contributed by atoms with Gasteiger partial charge in [-0.05, 0) is 6.07 Å². The highest BCUT2D eigenvalue weighted by atomic mass is 32.2. The Labute approximate surface area is 144 Å². The third kappa shape index (κ3) is 2.72. The number of sulfonamides is 1. The monoisotopic (exact) mass is 367 g/mol. The van der Waals surface area contributed by atoms with E-state index in [0.717, 1.165) is 0 Å². The summed E-state index contributed by atoms with van der Waals surface area (Å²) in [5.41, 5.74) is 0.0187. The predicted octanol–water partition coefficient (Wildman–Crippen LogP) is 1.55.